The Labute approximate surface area is 92.1 Å². The molecule has 2 atom stereocenters. The van der Waals surface area contributed by atoms with Crippen LogP contribution in [0.15, 0.2) is 24.3 Å². The van der Waals surface area contributed by atoms with Crippen molar-refractivity contribution in [2.45, 2.75) is 33.2 Å². The van der Waals surface area contributed by atoms with Crippen LogP contribution < -0.4 is 5.73 Å². The van der Waals surface area contributed by atoms with Gasteiger partial charge >= 0.3 is 0 Å². The fourth-order valence-corrected chi connectivity index (χ4v) is 1.93. The van der Waals surface area contributed by atoms with Crippen molar-refractivity contribution >= 4 is 0 Å². The van der Waals surface area contributed by atoms with Crippen molar-refractivity contribution in [1.29, 1.82) is 0 Å². The summed E-state index contributed by atoms with van der Waals surface area (Å²) in [5.74, 6) is 1.40. The van der Waals surface area contributed by atoms with Crippen LogP contribution in [0.2, 0.25) is 0 Å². The summed E-state index contributed by atoms with van der Waals surface area (Å²) in [5.41, 5.74) is 7.21. The predicted molar refractivity (Wildman–Crippen MR) is 63.8 cm³/mol. The number of phenols is 1. The molecule has 0 fully saturated rings. The van der Waals surface area contributed by atoms with E-state index in [2.05, 4.69) is 20.8 Å². The molecular weight excluding hydrogens is 186 g/mol. The molecule has 0 saturated carbocycles. The highest BCUT2D eigenvalue weighted by molar-refractivity contribution is 5.26. The van der Waals surface area contributed by atoms with E-state index in [1.807, 2.05) is 12.1 Å². The number of benzene rings is 1. The number of hydrogen-bond acceptors (Lipinski definition) is 2. The summed E-state index contributed by atoms with van der Waals surface area (Å²) < 4.78 is 0. The molecule has 0 saturated heterocycles. The Morgan fingerprint density at radius 2 is 1.67 bits per heavy atom. The summed E-state index contributed by atoms with van der Waals surface area (Å²) >= 11 is 0. The lowest BCUT2D eigenvalue weighted by atomic mass is 9.84. The molecule has 0 aliphatic heterocycles. The number of phenolic OH excluding ortho intramolecular Hbond substituents is 1. The zero-order valence-electron chi connectivity index (χ0n) is 9.77. The standard InChI is InChI=1S/C13H21NO/c1-9(2)13(10(3)14)8-11-4-6-12(15)7-5-11/h4-7,9-10,13,15H,8,14H2,1-3H3. The lowest BCUT2D eigenvalue weighted by Gasteiger charge is -2.24. The minimum atomic E-state index is 0.207. The highest BCUT2D eigenvalue weighted by Crippen LogP contribution is 2.21. The van der Waals surface area contributed by atoms with Gasteiger partial charge in [-0.1, -0.05) is 26.0 Å². The van der Waals surface area contributed by atoms with E-state index >= 15 is 0 Å². The lowest BCUT2D eigenvalue weighted by molar-refractivity contribution is 0.330. The molecule has 3 N–H and O–H groups in total. The minimum absolute atomic E-state index is 0.207. The molecule has 84 valence electrons. The van der Waals surface area contributed by atoms with Crippen LogP contribution in [0, 0.1) is 11.8 Å². The van der Waals surface area contributed by atoms with E-state index in [1.54, 1.807) is 12.1 Å². The van der Waals surface area contributed by atoms with Gasteiger partial charge in [-0.05, 0) is 42.9 Å². The molecule has 1 aromatic rings. The van der Waals surface area contributed by atoms with E-state index in [0.29, 0.717) is 17.6 Å². The summed E-state index contributed by atoms with van der Waals surface area (Å²) in [4.78, 5) is 0. The first kappa shape index (κ1) is 12.1. The van der Waals surface area contributed by atoms with Gasteiger partial charge in [0.25, 0.3) is 0 Å². The van der Waals surface area contributed by atoms with Gasteiger partial charge in [-0.15, -0.1) is 0 Å². The fraction of sp³-hybridized carbons (Fsp3) is 0.538. The summed E-state index contributed by atoms with van der Waals surface area (Å²) in [6.07, 6.45) is 0.982. The molecule has 1 aromatic carbocycles. The molecule has 0 heterocycles. The highest BCUT2D eigenvalue weighted by Gasteiger charge is 2.18. The van der Waals surface area contributed by atoms with Crippen LogP contribution in [0.25, 0.3) is 0 Å². The van der Waals surface area contributed by atoms with Gasteiger partial charge in [-0.25, -0.2) is 0 Å². The van der Waals surface area contributed by atoms with Crippen molar-refractivity contribution in [2.24, 2.45) is 17.6 Å². The first-order valence-electron chi connectivity index (χ1n) is 5.54. The van der Waals surface area contributed by atoms with Gasteiger partial charge in [0.05, 0.1) is 0 Å². The molecule has 0 radical (unpaired) electrons. The molecule has 0 spiro atoms. The minimum Gasteiger partial charge on any atom is -0.508 e. The average molecular weight is 207 g/mol. The molecule has 0 aromatic heterocycles. The Balaban J connectivity index is 2.70. The average Bonchev–Trinajstić information content (AvgIpc) is 2.15. The zero-order chi connectivity index (χ0) is 11.4. The fourth-order valence-electron chi connectivity index (χ4n) is 1.93. The molecule has 1 rings (SSSR count). The normalized spacial score (nSPS) is 15.3. The van der Waals surface area contributed by atoms with Crippen LogP contribution in [-0.2, 0) is 6.42 Å². The third-order valence-electron chi connectivity index (χ3n) is 2.94. The van der Waals surface area contributed by atoms with Crippen molar-refractivity contribution in [3.05, 3.63) is 29.8 Å². The first-order valence-corrected chi connectivity index (χ1v) is 5.54. The van der Waals surface area contributed by atoms with E-state index < -0.39 is 0 Å². The maximum atomic E-state index is 9.18. The summed E-state index contributed by atoms with van der Waals surface area (Å²) in [5, 5.41) is 9.18. The van der Waals surface area contributed by atoms with E-state index in [4.69, 9.17) is 5.73 Å². The maximum Gasteiger partial charge on any atom is 0.115 e. The lowest BCUT2D eigenvalue weighted by Crippen LogP contribution is -2.32. The molecule has 15 heavy (non-hydrogen) atoms. The molecule has 0 aliphatic carbocycles. The number of nitrogens with two attached hydrogens (primary N) is 1. The summed E-state index contributed by atoms with van der Waals surface area (Å²) in [7, 11) is 0. The molecule has 2 nitrogen and oxygen atoms in total. The molecular formula is C13H21NO. The maximum absolute atomic E-state index is 9.18. The molecule has 2 unspecified atom stereocenters. The quantitative estimate of drug-likeness (QED) is 0.797. The van der Waals surface area contributed by atoms with Gasteiger partial charge in [0.1, 0.15) is 5.75 Å². The Hall–Kier alpha value is -1.02. The van der Waals surface area contributed by atoms with Crippen LogP contribution in [0.1, 0.15) is 26.3 Å². The highest BCUT2D eigenvalue weighted by atomic mass is 16.3. The van der Waals surface area contributed by atoms with E-state index in [-0.39, 0.29) is 6.04 Å². The van der Waals surface area contributed by atoms with Gasteiger partial charge in [0, 0.05) is 6.04 Å². The van der Waals surface area contributed by atoms with Crippen LogP contribution in [0.4, 0.5) is 0 Å². The van der Waals surface area contributed by atoms with E-state index in [0.717, 1.165) is 6.42 Å². The zero-order valence-corrected chi connectivity index (χ0v) is 9.77. The summed E-state index contributed by atoms with van der Waals surface area (Å²) in [6, 6.07) is 7.60. The number of rotatable bonds is 4. The first-order chi connectivity index (χ1) is 7.00. The second kappa shape index (κ2) is 5.17. The van der Waals surface area contributed by atoms with Gasteiger partial charge in [-0.2, -0.15) is 0 Å². The van der Waals surface area contributed by atoms with E-state index in [1.165, 1.54) is 5.56 Å². The molecule has 0 bridgehead atoms. The van der Waals surface area contributed by atoms with Gasteiger partial charge < -0.3 is 10.8 Å². The predicted octanol–water partition coefficient (Wildman–Crippen LogP) is 2.55. The SMILES string of the molecule is CC(C)C(Cc1ccc(O)cc1)C(C)N. The van der Waals surface area contributed by atoms with Crippen LogP contribution >= 0.6 is 0 Å². The van der Waals surface area contributed by atoms with Crippen molar-refractivity contribution in [2.75, 3.05) is 0 Å². The Bertz CT molecular complexity index is 282. The second-order valence-corrected chi connectivity index (χ2v) is 4.64. The molecule has 2 heteroatoms. The Kier molecular flexibility index (Phi) is 4.15. The molecule has 0 amide bonds. The third-order valence-corrected chi connectivity index (χ3v) is 2.94. The van der Waals surface area contributed by atoms with Crippen molar-refractivity contribution < 1.29 is 5.11 Å². The topological polar surface area (TPSA) is 46.2 Å². The second-order valence-electron chi connectivity index (χ2n) is 4.64. The molecule has 0 aliphatic rings. The van der Waals surface area contributed by atoms with E-state index in [9.17, 15) is 5.11 Å². The summed E-state index contributed by atoms with van der Waals surface area (Å²) in [6.45, 7) is 6.47. The smallest absolute Gasteiger partial charge is 0.115 e. The largest absolute Gasteiger partial charge is 0.508 e. The van der Waals surface area contributed by atoms with Gasteiger partial charge in [0.15, 0.2) is 0 Å². The monoisotopic (exact) mass is 207 g/mol. The Morgan fingerprint density at radius 1 is 1.13 bits per heavy atom. The Morgan fingerprint density at radius 3 is 2.07 bits per heavy atom. The van der Waals surface area contributed by atoms with Crippen molar-refractivity contribution in [3.63, 3.8) is 0 Å². The number of aromatic hydroxyl groups is 1. The van der Waals surface area contributed by atoms with Crippen molar-refractivity contribution in [3.8, 4) is 5.75 Å². The van der Waals surface area contributed by atoms with Crippen LogP contribution in [-0.4, -0.2) is 11.1 Å². The van der Waals surface area contributed by atoms with Crippen molar-refractivity contribution in [1.82, 2.24) is 0 Å². The number of hydrogen-bond donors (Lipinski definition) is 2. The van der Waals surface area contributed by atoms with Gasteiger partial charge in [0.2, 0.25) is 0 Å². The van der Waals surface area contributed by atoms with Crippen LogP contribution in [0.3, 0.4) is 0 Å². The third kappa shape index (κ3) is 3.56. The van der Waals surface area contributed by atoms with Crippen LogP contribution in [0.5, 0.6) is 5.75 Å². The van der Waals surface area contributed by atoms with Gasteiger partial charge in [-0.3, -0.25) is 0 Å².